The maximum atomic E-state index is 6.18. The second-order valence-corrected chi connectivity index (χ2v) is 5.96. The average molecular weight is 350 g/mol. The Morgan fingerprint density at radius 1 is 0.840 bits per heavy atom. The van der Waals surface area contributed by atoms with Gasteiger partial charge in [0.1, 0.15) is 11.0 Å². The molecule has 5 nitrogen and oxygen atoms in total. The molecule has 0 aromatic heterocycles. The van der Waals surface area contributed by atoms with Crippen LogP contribution in [0, 0.1) is 0 Å². The molecule has 0 aliphatic carbocycles. The Kier molecular flexibility index (Phi) is 4.24. The molecule has 0 bridgehead atoms. The van der Waals surface area contributed by atoms with E-state index in [4.69, 9.17) is 11.6 Å². The van der Waals surface area contributed by atoms with Gasteiger partial charge in [-0.15, -0.1) is 0 Å². The lowest BCUT2D eigenvalue weighted by molar-refractivity contribution is 0.222. The summed E-state index contributed by atoms with van der Waals surface area (Å²) in [6.45, 7) is 0. The van der Waals surface area contributed by atoms with Crippen LogP contribution >= 0.6 is 11.6 Å². The maximum Gasteiger partial charge on any atom is 0.146 e. The molecule has 1 aliphatic rings. The van der Waals surface area contributed by atoms with E-state index in [0.717, 1.165) is 16.8 Å². The number of rotatable bonds is 3. The first-order valence-electron chi connectivity index (χ1n) is 7.86. The molecule has 0 amide bonds. The minimum Gasteiger partial charge on any atom is -0.283 e. The van der Waals surface area contributed by atoms with E-state index in [-0.39, 0.29) is 0 Å². The Bertz CT molecular complexity index is 952. The number of para-hydroxylation sites is 1. The van der Waals surface area contributed by atoms with E-state index < -0.39 is 0 Å². The Labute approximate surface area is 150 Å². The van der Waals surface area contributed by atoms with Gasteiger partial charge in [-0.05, 0) is 40.3 Å². The van der Waals surface area contributed by atoms with Crippen molar-refractivity contribution in [2.45, 2.75) is 0 Å². The minimum atomic E-state index is 0.460. The molecule has 3 N–H and O–H groups in total. The van der Waals surface area contributed by atoms with Crippen LogP contribution < -0.4 is 16.3 Å². The molecule has 0 atom stereocenters. The number of anilines is 1. The lowest BCUT2D eigenvalue weighted by Crippen LogP contribution is -2.55. The highest BCUT2D eigenvalue weighted by atomic mass is 35.5. The molecule has 1 aliphatic heterocycles. The van der Waals surface area contributed by atoms with E-state index in [9.17, 15) is 0 Å². The molecule has 0 radical (unpaired) electrons. The highest BCUT2D eigenvalue weighted by molar-refractivity contribution is 6.31. The molecular formula is C19H16ClN5. The smallest absolute Gasteiger partial charge is 0.146 e. The van der Waals surface area contributed by atoms with Crippen molar-refractivity contribution in [3.63, 3.8) is 0 Å². The highest BCUT2D eigenvalue weighted by Crippen LogP contribution is 2.19. The van der Waals surface area contributed by atoms with Crippen molar-refractivity contribution in [2.75, 3.05) is 5.43 Å². The number of nitrogens with zero attached hydrogens (tertiary/aromatic N) is 2. The van der Waals surface area contributed by atoms with E-state index in [1.54, 1.807) is 11.3 Å². The molecule has 4 rings (SSSR count). The van der Waals surface area contributed by atoms with Crippen molar-refractivity contribution in [3.8, 4) is 0 Å². The number of hydrogen-bond acceptors (Lipinski definition) is 4. The maximum absolute atomic E-state index is 6.18. The first kappa shape index (κ1) is 15.5. The summed E-state index contributed by atoms with van der Waals surface area (Å²) in [4.78, 5) is 4.53. The number of hydrazine groups is 3. The summed E-state index contributed by atoms with van der Waals surface area (Å²) in [5.74, 6) is 0.628. The minimum absolute atomic E-state index is 0.460. The third kappa shape index (κ3) is 3.74. The zero-order valence-electron chi connectivity index (χ0n) is 13.3. The van der Waals surface area contributed by atoms with Gasteiger partial charge in [0.25, 0.3) is 0 Å². The summed E-state index contributed by atoms with van der Waals surface area (Å²) in [6.07, 6.45) is 1.73. The average Bonchev–Trinajstić information content (AvgIpc) is 2.62. The zero-order chi connectivity index (χ0) is 17.1. The van der Waals surface area contributed by atoms with Crippen LogP contribution in [-0.4, -0.2) is 11.1 Å². The Morgan fingerprint density at radius 3 is 2.44 bits per heavy atom. The number of nitrogens with one attached hydrogen (secondary N) is 3. The van der Waals surface area contributed by atoms with E-state index >= 15 is 0 Å². The van der Waals surface area contributed by atoms with Crippen molar-refractivity contribution in [3.05, 3.63) is 84.0 Å². The number of halogens is 1. The second-order valence-electron chi connectivity index (χ2n) is 5.56. The van der Waals surface area contributed by atoms with Crippen LogP contribution in [0.3, 0.4) is 0 Å². The standard InChI is InChI=1S/C19H16ClN5/c20-18-13-19(21-16-8-2-1-3-9-16)24-25(23-18)22-17-11-10-14-6-4-5-7-15(14)12-17/h1-13,22-23H,(H,21,24). The molecule has 25 heavy (non-hydrogen) atoms. The quantitative estimate of drug-likeness (QED) is 0.617. The normalized spacial score (nSPS) is 16.2. The molecule has 0 saturated heterocycles. The van der Waals surface area contributed by atoms with Gasteiger partial charge in [0.2, 0.25) is 0 Å². The molecule has 6 heteroatoms. The molecule has 3 aromatic rings. The molecule has 0 saturated carbocycles. The molecular weight excluding hydrogens is 334 g/mol. The van der Waals surface area contributed by atoms with Crippen molar-refractivity contribution in [2.24, 2.45) is 4.99 Å². The molecule has 0 unspecified atom stereocenters. The van der Waals surface area contributed by atoms with Crippen LogP contribution in [0.4, 0.5) is 11.4 Å². The van der Waals surface area contributed by atoms with Crippen molar-refractivity contribution in [1.29, 1.82) is 0 Å². The molecule has 3 aromatic carbocycles. The fourth-order valence-corrected chi connectivity index (χ4v) is 2.76. The van der Waals surface area contributed by atoms with Gasteiger partial charge in [-0.3, -0.25) is 16.3 Å². The van der Waals surface area contributed by atoms with Crippen LogP contribution in [0.25, 0.3) is 10.8 Å². The largest absolute Gasteiger partial charge is 0.283 e. The second kappa shape index (κ2) is 6.84. The predicted molar refractivity (Wildman–Crippen MR) is 103 cm³/mol. The zero-order valence-corrected chi connectivity index (χ0v) is 14.0. The van der Waals surface area contributed by atoms with E-state index in [0.29, 0.717) is 11.0 Å². The van der Waals surface area contributed by atoms with Crippen LogP contribution in [0.2, 0.25) is 0 Å². The SMILES string of the molecule is ClC1=CC(=Nc2ccccc2)NN(Nc2ccc3ccccc3c2)N1. The predicted octanol–water partition coefficient (Wildman–Crippen LogP) is 4.30. The fourth-order valence-electron chi connectivity index (χ4n) is 2.58. The number of amidine groups is 1. The van der Waals surface area contributed by atoms with Gasteiger partial charge in [-0.2, -0.15) is 0 Å². The van der Waals surface area contributed by atoms with Crippen LogP contribution in [0.1, 0.15) is 0 Å². The van der Waals surface area contributed by atoms with Crippen LogP contribution in [0.15, 0.2) is 89.0 Å². The number of benzene rings is 3. The van der Waals surface area contributed by atoms with Crippen LogP contribution in [-0.2, 0) is 0 Å². The molecule has 124 valence electrons. The summed E-state index contributed by atoms with van der Waals surface area (Å²) in [7, 11) is 0. The molecule has 1 heterocycles. The van der Waals surface area contributed by atoms with Crippen molar-refractivity contribution in [1.82, 2.24) is 16.1 Å². The summed E-state index contributed by atoms with van der Waals surface area (Å²) in [6, 6.07) is 24.0. The van der Waals surface area contributed by atoms with Gasteiger partial charge < -0.3 is 0 Å². The van der Waals surface area contributed by atoms with Crippen molar-refractivity contribution >= 4 is 39.6 Å². The van der Waals surface area contributed by atoms with Crippen LogP contribution in [0.5, 0.6) is 0 Å². The van der Waals surface area contributed by atoms with Gasteiger partial charge >= 0.3 is 0 Å². The van der Waals surface area contributed by atoms with Gasteiger partial charge in [0.05, 0.1) is 11.4 Å². The summed E-state index contributed by atoms with van der Waals surface area (Å²) < 4.78 is 0. The summed E-state index contributed by atoms with van der Waals surface area (Å²) in [5, 5.41) is 4.39. The number of fused-ring (bicyclic) bond motifs is 1. The number of hydrogen-bond donors (Lipinski definition) is 3. The Balaban J connectivity index is 1.54. The summed E-state index contributed by atoms with van der Waals surface area (Å²) in [5.41, 5.74) is 11.1. The number of aliphatic imine (C=N–C) groups is 1. The first-order chi connectivity index (χ1) is 12.3. The molecule has 0 fully saturated rings. The van der Waals surface area contributed by atoms with Gasteiger partial charge in [0, 0.05) is 6.08 Å². The topological polar surface area (TPSA) is 51.7 Å². The third-order valence-corrected chi connectivity index (χ3v) is 3.90. The van der Waals surface area contributed by atoms with Crippen molar-refractivity contribution < 1.29 is 0 Å². The Morgan fingerprint density at radius 2 is 1.60 bits per heavy atom. The highest BCUT2D eigenvalue weighted by Gasteiger charge is 2.14. The van der Waals surface area contributed by atoms with Gasteiger partial charge in [-0.25, -0.2) is 4.99 Å². The van der Waals surface area contributed by atoms with Gasteiger partial charge in [0.15, 0.2) is 0 Å². The monoisotopic (exact) mass is 349 g/mol. The molecule has 0 spiro atoms. The van der Waals surface area contributed by atoms with E-state index in [2.05, 4.69) is 45.5 Å². The summed E-state index contributed by atoms with van der Waals surface area (Å²) >= 11 is 6.18. The lowest BCUT2D eigenvalue weighted by atomic mass is 10.1. The fraction of sp³-hybridized carbons (Fsp3) is 0. The third-order valence-electron chi connectivity index (χ3n) is 3.70. The lowest BCUT2D eigenvalue weighted by Gasteiger charge is -2.29. The first-order valence-corrected chi connectivity index (χ1v) is 8.24. The van der Waals surface area contributed by atoms with E-state index in [1.807, 2.05) is 48.5 Å². The Hall–Kier alpha value is -3.02. The van der Waals surface area contributed by atoms with Gasteiger partial charge in [-0.1, -0.05) is 60.1 Å². The van der Waals surface area contributed by atoms with E-state index in [1.165, 1.54) is 5.39 Å².